The molecule has 0 fully saturated rings. The van der Waals surface area contributed by atoms with Gasteiger partial charge in [0.25, 0.3) is 0 Å². The average molecular weight is 431 g/mol. The maximum atomic E-state index is 12.5. The van der Waals surface area contributed by atoms with E-state index in [1.54, 1.807) is 18.2 Å². The summed E-state index contributed by atoms with van der Waals surface area (Å²) in [6.45, 7) is 6.28. The number of sulfone groups is 1. The summed E-state index contributed by atoms with van der Waals surface area (Å²) in [5, 5.41) is 0. The molecule has 0 radical (unpaired) electrons. The van der Waals surface area contributed by atoms with Crippen molar-refractivity contribution < 1.29 is 17.9 Å². The number of aryl methyl sites for hydroxylation is 1. The molecule has 0 aliphatic rings. The molecule has 0 atom stereocenters. The maximum Gasteiger partial charge on any atom is 0.249 e. The summed E-state index contributed by atoms with van der Waals surface area (Å²) in [6, 6.07) is 12.1. The van der Waals surface area contributed by atoms with Crippen LogP contribution < -0.4 is 9.54 Å². The quantitative estimate of drug-likeness (QED) is 0.538. The van der Waals surface area contributed by atoms with Gasteiger partial charge in [-0.15, -0.1) is 6.58 Å². The van der Waals surface area contributed by atoms with Gasteiger partial charge in [0.1, 0.15) is 5.75 Å². The number of nitrogens with zero attached hydrogens (tertiary/aromatic N) is 2. The number of allylic oxidation sites excluding steroid dienone is 1. The molecule has 3 aromatic rings. The Morgan fingerprint density at radius 3 is 2.62 bits per heavy atom. The molecule has 0 bridgehead atoms. The Labute approximate surface area is 173 Å². The number of ether oxygens (including phenoxy) is 1. The van der Waals surface area contributed by atoms with E-state index in [4.69, 9.17) is 4.74 Å². The Bertz CT molecular complexity index is 1220. The van der Waals surface area contributed by atoms with Gasteiger partial charge in [0.15, 0.2) is 14.6 Å². The molecule has 2 aromatic carbocycles. The third-order valence-electron chi connectivity index (χ3n) is 4.37. The largest absolute Gasteiger partial charge is 0.497 e. The number of methoxy groups -OCH3 is 1. The van der Waals surface area contributed by atoms with Crippen LogP contribution in [0.3, 0.4) is 0 Å². The highest BCUT2D eigenvalue weighted by Gasteiger charge is 2.17. The lowest BCUT2D eigenvalue weighted by Gasteiger charge is -2.04. The number of benzene rings is 2. The van der Waals surface area contributed by atoms with Gasteiger partial charge in [0.2, 0.25) is 5.91 Å². The molecular weight excluding hydrogens is 408 g/mol. The van der Waals surface area contributed by atoms with Gasteiger partial charge in [0, 0.05) is 13.0 Å². The number of aromatic nitrogens is 1. The summed E-state index contributed by atoms with van der Waals surface area (Å²) >= 11 is 1.40. The number of amides is 1. The Hall–Kier alpha value is -2.71. The van der Waals surface area contributed by atoms with E-state index < -0.39 is 15.7 Å². The minimum Gasteiger partial charge on any atom is -0.497 e. The van der Waals surface area contributed by atoms with Crippen molar-refractivity contribution in [3.05, 3.63) is 65.5 Å². The van der Waals surface area contributed by atoms with Crippen molar-refractivity contribution in [2.45, 2.75) is 24.8 Å². The first-order valence-electron chi connectivity index (χ1n) is 8.99. The third kappa shape index (κ3) is 4.83. The van der Waals surface area contributed by atoms with Gasteiger partial charge >= 0.3 is 0 Å². The van der Waals surface area contributed by atoms with Crippen molar-refractivity contribution in [1.29, 1.82) is 0 Å². The number of carbonyl (C=O) groups excluding carboxylic acids is 1. The molecule has 0 aliphatic heterocycles. The zero-order valence-electron chi connectivity index (χ0n) is 16.3. The number of fused-ring (bicyclic) bond motifs is 1. The summed E-state index contributed by atoms with van der Waals surface area (Å²) in [5.41, 5.74) is 2.09. The first kappa shape index (κ1) is 21.0. The van der Waals surface area contributed by atoms with E-state index in [-0.39, 0.29) is 17.1 Å². The predicted molar refractivity (Wildman–Crippen MR) is 115 cm³/mol. The molecular formula is C21H22N2O4S2. The molecule has 0 saturated heterocycles. The zero-order chi connectivity index (χ0) is 21.0. The van der Waals surface area contributed by atoms with Gasteiger partial charge in [-0.1, -0.05) is 23.5 Å². The number of thiazole rings is 1. The van der Waals surface area contributed by atoms with Crippen molar-refractivity contribution in [3.63, 3.8) is 0 Å². The fourth-order valence-electron chi connectivity index (χ4n) is 2.86. The lowest BCUT2D eigenvalue weighted by Crippen LogP contribution is -2.17. The first-order chi connectivity index (χ1) is 13.8. The predicted octanol–water partition coefficient (Wildman–Crippen LogP) is 3.50. The Balaban J connectivity index is 1.83. The second-order valence-corrected chi connectivity index (χ2v) is 9.62. The van der Waals surface area contributed by atoms with E-state index in [1.165, 1.54) is 30.6 Å². The summed E-state index contributed by atoms with van der Waals surface area (Å²) in [7, 11) is -2.07. The molecule has 0 unspecified atom stereocenters. The fraction of sp³-hybridized carbons (Fsp3) is 0.238. The molecule has 1 amide bonds. The maximum absolute atomic E-state index is 12.5. The van der Waals surface area contributed by atoms with Gasteiger partial charge in [-0.3, -0.25) is 4.79 Å². The van der Waals surface area contributed by atoms with Crippen LogP contribution >= 0.6 is 11.3 Å². The van der Waals surface area contributed by atoms with Crippen LogP contribution in [-0.2, 0) is 21.2 Å². The average Bonchev–Trinajstić information content (AvgIpc) is 3.03. The lowest BCUT2D eigenvalue weighted by atomic mass is 10.2. The van der Waals surface area contributed by atoms with Crippen LogP contribution in [0.25, 0.3) is 10.2 Å². The van der Waals surface area contributed by atoms with Gasteiger partial charge in [0.05, 0.1) is 28.0 Å². The van der Waals surface area contributed by atoms with E-state index in [0.29, 0.717) is 17.1 Å². The van der Waals surface area contributed by atoms with Crippen molar-refractivity contribution in [2.24, 2.45) is 4.99 Å². The van der Waals surface area contributed by atoms with E-state index in [9.17, 15) is 13.2 Å². The standard InChI is InChI=1S/C21H22N2O4S2/c1-4-12-23-18-10-5-15(2)14-19(18)28-21(23)22-20(24)11-13-29(25,26)17-8-6-16(27-3)7-9-17/h4-10,14H,1,11-13H2,2-3H3. The number of rotatable bonds is 7. The van der Waals surface area contributed by atoms with Gasteiger partial charge in [-0.05, 0) is 48.9 Å². The van der Waals surface area contributed by atoms with Gasteiger partial charge < -0.3 is 9.30 Å². The van der Waals surface area contributed by atoms with Crippen molar-refractivity contribution in [3.8, 4) is 5.75 Å². The monoisotopic (exact) mass is 430 g/mol. The number of hydrogen-bond acceptors (Lipinski definition) is 5. The van der Waals surface area contributed by atoms with Crippen LogP contribution in [-0.4, -0.2) is 31.8 Å². The summed E-state index contributed by atoms with van der Waals surface area (Å²) < 4.78 is 32.9. The molecule has 152 valence electrons. The molecule has 0 saturated carbocycles. The molecule has 1 aromatic heterocycles. The van der Waals surface area contributed by atoms with Crippen LogP contribution in [0, 0.1) is 6.92 Å². The topological polar surface area (TPSA) is 77.7 Å². The Kier molecular flexibility index (Phi) is 6.34. The van der Waals surface area contributed by atoms with E-state index in [0.717, 1.165) is 15.8 Å². The summed E-state index contributed by atoms with van der Waals surface area (Å²) in [6.07, 6.45) is 1.55. The minimum atomic E-state index is -3.58. The van der Waals surface area contributed by atoms with Gasteiger partial charge in [-0.2, -0.15) is 4.99 Å². The molecule has 0 N–H and O–H groups in total. The normalized spacial score (nSPS) is 12.3. The van der Waals surface area contributed by atoms with Crippen molar-refractivity contribution >= 4 is 37.3 Å². The molecule has 8 heteroatoms. The van der Waals surface area contributed by atoms with Crippen LogP contribution in [0.2, 0.25) is 0 Å². The highest BCUT2D eigenvalue weighted by atomic mass is 32.2. The molecule has 6 nitrogen and oxygen atoms in total. The number of hydrogen-bond donors (Lipinski definition) is 0. The molecule has 0 spiro atoms. The SMILES string of the molecule is C=CCn1c(=NC(=O)CCS(=O)(=O)c2ccc(OC)cc2)sc2cc(C)ccc21. The second kappa shape index (κ2) is 8.75. The minimum absolute atomic E-state index is 0.158. The zero-order valence-corrected chi connectivity index (χ0v) is 17.9. The van der Waals surface area contributed by atoms with Crippen molar-refractivity contribution in [2.75, 3.05) is 12.9 Å². The highest BCUT2D eigenvalue weighted by molar-refractivity contribution is 7.91. The van der Waals surface area contributed by atoms with Crippen LogP contribution in [0.4, 0.5) is 0 Å². The smallest absolute Gasteiger partial charge is 0.249 e. The summed E-state index contributed by atoms with van der Waals surface area (Å²) in [5.74, 6) is -0.197. The van der Waals surface area contributed by atoms with E-state index in [1.807, 2.05) is 29.7 Å². The number of carbonyl (C=O) groups is 1. The van der Waals surface area contributed by atoms with Gasteiger partial charge in [-0.25, -0.2) is 8.42 Å². The van der Waals surface area contributed by atoms with Crippen LogP contribution in [0.1, 0.15) is 12.0 Å². The van der Waals surface area contributed by atoms with E-state index in [2.05, 4.69) is 11.6 Å². The molecule has 1 heterocycles. The molecule has 0 aliphatic carbocycles. The lowest BCUT2D eigenvalue weighted by molar-refractivity contribution is -0.117. The Morgan fingerprint density at radius 1 is 1.24 bits per heavy atom. The molecule has 3 rings (SSSR count). The second-order valence-electron chi connectivity index (χ2n) is 6.51. The van der Waals surface area contributed by atoms with Crippen LogP contribution in [0.15, 0.2) is 65.0 Å². The highest BCUT2D eigenvalue weighted by Crippen LogP contribution is 2.20. The molecule has 29 heavy (non-hydrogen) atoms. The van der Waals surface area contributed by atoms with Crippen molar-refractivity contribution in [1.82, 2.24) is 4.57 Å². The third-order valence-corrected chi connectivity index (χ3v) is 7.15. The van der Waals surface area contributed by atoms with E-state index >= 15 is 0 Å². The Morgan fingerprint density at radius 2 is 1.97 bits per heavy atom. The summed E-state index contributed by atoms with van der Waals surface area (Å²) in [4.78, 5) is 17.3. The first-order valence-corrected chi connectivity index (χ1v) is 11.5. The van der Waals surface area contributed by atoms with Crippen LogP contribution in [0.5, 0.6) is 5.75 Å². The fourth-order valence-corrected chi connectivity index (χ4v) is 5.24.